The van der Waals surface area contributed by atoms with Crippen LogP contribution in [0.5, 0.6) is 0 Å². The van der Waals surface area contributed by atoms with E-state index in [1.54, 1.807) is 11.1 Å². The number of hydrogen-bond acceptors (Lipinski definition) is 4. The van der Waals surface area contributed by atoms with Gasteiger partial charge in [0.2, 0.25) is 0 Å². The number of hydrogen-bond donors (Lipinski definition) is 1. The summed E-state index contributed by atoms with van der Waals surface area (Å²) in [6.07, 6.45) is 4.02. The molecule has 0 aliphatic carbocycles. The summed E-state index contributed by atoms with van der Waals surface area (Å²) < 4.78 is 0. The number of aromatic nitrogens is 2. The molecule has 0 radical (unpaired) electrons. The van der Waals surface area contributed by atoms with Crippen molar-refractivity contribution in [2.75, 3.05) is 23.3 Å². The van der Waals surface area contributed by atoms with E-state index in [4.69, 9.17) is 0 Å². The van der Waals surface area contributed by atoms with Crippen molar-refractivity contribution in [2.45, 2.75) is 13.3 Å². The standard InChI is InChI=1S/C15H16N4O/c1-2-16-14-10-17-12(9-18-14)15(20)19-8-7-11-5-3-4-6-13(11)19/h3-6,9-10H,2,7-8H2,1H3,(H,16,18). The molecule has 2 heterocycles. The largest absolute Gasteiger partial charge is 0.369 e. The Labute approximate surface area is 117 Å². The molecule has 102 valence electrons. The molecule has 5 nitrogen and oxygen atoms in total. The Hall–Kier alpha value is -2.43. The number of carbonyl (C=O) groups excluding carboxylic acids is 1. The van der Waals surface area contributed by atoms with E-state index in [0.29, 0.717) is 18.1 Å². The van der Waals surface area contributed by atoms with E-state index in [1.165, 1.54) is 11.8 Å². The third kappa shape index (κ3) is 2.22. The second kappa shape index (κ2) is 5.28. The van der Waals surface area contributed by atoms with Crippen molar-refractivity contribution < 1.29 is 4.79 Å². The number of anilines is 2. The quantitative estimate of drug-likeness (QED) is 0.926. The van der Waals surface area contributed by atoms with Gasteiger partial charge in [-0.2, -0.15) is 0 Å². The molecule has 0 spiro atoms. The predicted molar refractivity (Wildman–Crippen MR) is 78.0 cm³/mol. The number of fused-ring (bicyclic) bond motifs is 1. The van der Waals surface area contributed by atoms with E-state index < -0.39 is 0 Å². The van der Waals surface area contributed by atoms with E-state index in [2.05, 4.69) is 21.4 Å². The maximum absolute atomic E-state index is 12.5. The number of amides is 1. The minimum atomic E-state index is -0.0921. The zero-order valence-electron chi connectivity index (χ0n) is 11.3. The summed E-state index contributed by atoms with van der Waals surface area (Å²) in [5.41, 5.74) is 2.57. The highest BCUT2D eigenvalue weighted by atomic mass is 16.2. The van der Waals surface area contributed by atoms with E-state index in [-0.39, 0.29) is 5.91 Å². The first-order valence-corrected chi connectivity index (χ1v) is 6.75. The molecule has 1 N–H and O–H groups in total. The molecule has 1 aliphatic heterocycles. The van der Waals surface area contributed by atoms with Gasteiger partial charge in [0.1, 0.15) is 11.5 Å². The minimum absolute atomic E-state index is 0.0921. The van der Waals surface area contributed by atoms with E-state index in [9.17, 15) is 4.79 Å². The molecular weight excluding hydrogens is 252 g/mol. The Morgan fingerprint density at radius 3 is 2.90 bits per heavy atom. The highest BCUT2D eigenvalue weighted by Crippen LogP contribution is 2.28. The molecule has 1 aromatic heterocycles. The smallest absolute Gasteiger partial charge is 0.278 e. The lowest BCUT2D eigenvalue weighted by Crippen LogP contribution is -2.29. The van der Waals surface area contributed by atoms with Crippen LogP contribution in [0.25, 0.3) is 0 Å². The minimum Gasteiger partial charge on any atom is -0.369 e. The molecule has 0 atom stereocenters. The average molecular weight is 268 g/mol. The molecule has 20 heavy (non-hydrogen) atoms. The predicted octanol–water partition coefficient (Wildman–Crippen LogP) is 2.11. The third-order valence-corrected chi connectivity index (χ3v) is 3.36. The zero-order chi connectivity index (χ0) is 13.9. The van der Waals surface area contributed by atoms with Crippen LogP contribution in [0, 0.1) is 0 Å². The van der Waals surface area contributed by atoms with Gasteiger partial charge < -0.3 is 10.2 Å². The first-order chi connectivity index (χ1) is 9.79. The second-order valence-corrected chi connectivity index (χ2v) is 4.65. The van der Waals surface area contributed by atoms with Crippen molar-refractivity contribution in [1.82, 2.24) is 9.97 Å². The fraction of sp³-hybridized carbons (Fsp3) is 0.267. The number of nitrogens with one attached hydrogen (secondary N) is 1. The summed E-state index contributed by atoms with van der Waals surface area (Å²) in [5.74, 6) is 0.594. The summed E-state index contributed by atoms with van der Waals surface area (Å²) in [6, 6.07) is 7.98. The fourth-order valence-corrected chi connectivity index (χ4v) is 2.40. The van der Waals surface area contributed by atoms with E-state index in [0.717, 1.165) is 18.7 Å². The van der Waals surface area contributed by atoms with Gasteiger partial charge in [-0.05, 0) is 25.0 Å². The maximum atomic E-state index is 12.5. The van der Waals surface area contributed by atoms with Crippen LogP contribution in [0.4, 0.5) is 11.5 Å². The summed E-state index contributed by atoms with van der Waals surface area (Å²) in [7, 11) is 0. The summed E-state index contributed by atoms with van der Waals surface area (Å²) in [5, 5.41) is 3.06. The van der Waals surface area contributed by atoms with Crippen molar-refractivity contribution in [3.8, 4) is 0 Å². The van der Waals surface area contributed by atoms with Gasteiger partial charge in [-0.3, -0.25) is 4.79 Å². The molecule has 1 amide bonds. The van der Waals surface area contributed by atoms with Crippen LogP contribution in [0.15, 0.2) is 36.7 Å². The molecule has 0 fully saturated rings. The van der Waals surface area contributed by atoms with Crippen molar-refractivity contribution in [3.63, 3.8) is 0 Å². The number of rotatable bonds is 3. The monoisotopic (exact) mass is 268 g/mol. The van der Waals surface area contributed by atoms with Gasteiger partial charge in [-0.25, -0.2) is 9.97 Å². The van der Waals surface area contributed by atoms with Gasteiger partial charge in [0.15, 0.2) is 0 Å². The number of nitrogens with zero attached hydrogens (tertiary/aromatic N) is 3. The molecular formula is C15H16N4O. The van der Waals surface area contributed by atoms with Crippen LogP contribution < -0.4 is 10.2 Å². The van der Waals surface area contributed by atoms with Crippen molar-refractivity contribution in [3.05, 3.63) is 47.9 Å². The summed E-state index contributed by atoms with van der Waals surface area (Å²) in [4.78, 5) is 22.6. The van der Waals surface area contributed by atoms with Crippen molar-refractivity contribution in [1.29, 1.82) is 0 Å². The van der Waals surface area contributed by atoms with Gasteiger partial charge >= 0.3 is 0 Å². The average Bonchev–Trinajstić information content (AvgIpc) is 2.92. The van der Waals surface area contributed by atoms with Crippen molar-refractivity contribution in [2.24, 2.45) is 0 Å². The highest BCUT2D eigenvalue weighted by Gasteiger charge is 2.25. The maximum Gasteiger partial charge on any atom is 0.278 e. The first-order valence-electron chi connectivity index (χ1n) is 6.75. The van der Waals surface area contributed by atoms with E-state index >= 15 is 0 Å². The summed E-state index contributed by atoms with van der Waals surface area (Å²) in [6.45, 7) is 3.47. The highest BCUT2D eigenvalue weighted by molar-refractivity contribution is 6.05. The van der Waals surface area contributed by atoms with Crippen LogP contribution in [0.1, 0.15) is 23.0 Å². The molecule has 0 bridgehead atoms. The normalized spacial score (nSPS) is 13.2. The molecule has 1 aliphatic rings. The Balaban J connectivity index is 1.83. The number of carbonyl (C=O) groups is 1. The lowest BCUT2D eigenvalue weighted by molar-refractivity contribution is 0.0984. The molecule has 2 aromatic rings. The van der Waals surface area contributed by atoms with E-state index in [1.807, 2.05) is 25.1 Å². The van der Waals surface area contributed by atoms with Crippen molar-refractivity contribution >= 4 is 17.4 Å². The van der Waals surface area contributed by atoms with Gasteiger partial charge in [0, 0.05) is 18.8 Å². The van der Waals surface area contributed by atoms with Crippen LogP contribution in [0.2, 0.25) is 0 Å². The lowest BCUT2D eigenvalue weighted by atomic mass is 10.2. The Morgan fingerprint density at radius 2 is 2.15 bits per heavy atom. The SMILES string of the molecule is CCNc1cnc(C(=O)N2CCc3ccccc32)cn1. The molecule has 3 rings (SSSR count). The van der Waals surface area contributed by atoms with Gasteiger partial charge in [-0.15, -0.1) is 0 Å². The molecule has 0 unspecified atom stereocenters. The Morgan fingerprint density at radius 1 is 1.30 bits per heavy atom. The lowest BCUT2D eigenvalue weighted by Gasteiger charge is -2.16. The molecule has 0 saturated carbocycles. The topological polar surface area (TPSA) is 58.1 Å². The second-order valence-electron chi connectivity index (χ2n) is 4.65. The van der Waals surface area contributed by atoms with Gasteiger partial charge in [0.25, 0.3) is 5.91 Å². The summed E-state index contributed by atoms with van der Waals surface area (Å²) >= 11 is 0. The van der Waals surface area contributed by atoms with Crippen LogP contribution >= 0.6 is 0 Å². The van der Waals surface area contributed by atoms with Gasteiger partial charge in [-0.1, -0.05) is 18.2 Å². The Bertz CT molecular complexity index is 624. The third-order valence-electron chi connectivity index (χ3n) is 3.36. The first kappa shape index (κ1) is 12.6. The molecule has 1 aromatic carbocycles. The van der Waals surface area contributed by atoms with Crippen LogP contribution in [0.3, 0.4) is 0 Å². The molecule has 5 heteroatoms. The van der Waals surface area contributed by atoms with Crippen LogP contribution in [-0.4, -0.2) is 29.0 Å². The van der Waals surface area contributed by atoms with Gasteiger partial charge in [0.05, 0.1) is 12.4 Å². The number of para-hydroxylation sites is 1. The fourth-order valence-electron chi connectivity index (χ4n) is 2.40. The molecule has 0 saturated heterocycles. The Kier molecular flexibility index (Phi) is 3.33. The van der Waals surface area contributed by atoms with Crippen LogP contribution in [-0.2, 0) is 6.42 Å². The zero-order valence-corrected chi connectivity index (χ0v) is 11.3. The number of benzene rings is 1.